The topological polar surface area (TPSA) is 90.6 Å². The molecule has 0 N–H and O–H groups in total. The van der Waals surface area contributed by atoms with Crippen LogP contribution in [0.2, 0.25) is 0 Å². The third kappa shape index (κ3) is 2.76. The highest BCUT2D eigenvalue weighted by molar-refractivity contribution is 7.16. The Bertz CT molecular complexity index is 1030. The van der Waals surface area contributed by atoms with Gasteiger partial charge in [0.15, 0.2) is 4.80 Å². The summed E-state index contributed by atoms with van der Waals surface area (Å²) in [5.74, 6) is -1.25. The summed E-state index contributed by atoms with van der Waals surface area (Å²) in [6.07, 6.45) is 0. The first-order chi connectivity index (χ1) is 11.4. The molecule has 0 saturated carbocycles. The Morgan fingerprint density at radius 2 is 2.12 bits per heavy atom. The van der Waals surface area contributed by atoms with Crippen LogP contribution < -0.4 is 4.80 Å². The predicted molar refractivity (Wildman–Crippen MR) is 90.2 cm³/mol. The number of amides is 1. The molecule has 0 spiro atoms. The predicted octanol–water partition coefficient (Wildman–Crippen LogP) is 3.58. The number of hydrogen-bond donors (Lipinski definition) is 0. The molecular weight excluding hydrogens is 330 g/mol. The van der Waals surface area contributed by atoms with Crippen molar-refractivity contribution in [2.45, 2.75) is 27.3 Å². The molecule has 0 aliphatic carbocycles. The highest BCUT2D eigenvalue weighted by Crippen LogP contribution is 2.23. The summed E-state index contributed by atoms with van der Waals surface area (Å²) >= 11 is 1.42. The first-order valence-corrected chi connectivity index (χ1v) is 8.16. The zero-order valence-corrected chi connectivity index (χ0v) is 14.2. The van der Waals surface area contributed by atoms with E-state index >= 15 is 0 Å². The molecule has 8 heteroatoms. The average molecular weight is 345 g/mol. The molecule has 124 valence electrons. The van der Waals surface area contributed by atoms with Gasteiger partial charge in [-0.1, -0.05) is 17.4 Å². The normalized spacial score (nSPS) is 12.0. The summed E-state index contributed by atoms with van der Waals surface area (Å²) in [4.78, 5) is 26.9. The number of thiazole rings is 1. The lowest BCUT2D eigenvalue weighted by Gasteiger charge is -2.02. The van der Waals surface area contributed by atoms with Crippen LogP contribution in [-0.4, -0.2) is 15.4 Å². The van der Waals surface area contributed by atoms with E-state index in [-0.39, 0.29) is 5.76 Å². The van der Waals surface area contributed by atoms with Gasteiger partial charge in [-0.3, -0.25) is 14.9 Å². The fourth-order valence-electron chi connectivity index (χ4n) is 2.59. The lowest BCUT2D eigenvalue weighted by Crippen LogP contribution is -2.15. The Morgan fingerprint density at radius 1 is 1.38 bits per heavy atom. The number of aryl methyl sites for hydroxylation is 3. The molecule has 1 amide bonds. The molecule has 1 aromatic carbocycles. The molecule has 2 heterocycles. The standard InChI is InChI=1S/C16H15N3O4S/c1-4-18-11-8-9(2)7-10(3)14(11)24-16(18)17-15(20)12-5-6-13(23-12)19(21)22/h5-8H,4H2,1-3H3. The zero-order valence-electron chi connectivity index (χ0n) is 13.4. The minimum absolute atomic E-state index is 0.144. The first kappa shape index (κ1) is 16.1. The van der Waals surface area contributed by atoms with Gasteiger partial charge in [-0.25, -0.2) is 0 Å². The molecule has 0 radical (unpaired) electrons. The summed E-state index contributed by atoms with van der Waals surface area (Å²) in [5.41, 5.74) is 3.29. The van der Waals surface area contributed by atoms with E-state index in [2.05, 4.69) is 17.1 Å². The third-order valence-corrected chi connectivity index (χ3v) is 4.84. The van der Waals surface area contributed by atoms with Gasteiger partial charge in [0.1, 0.15) is 4.92 Å². The number of benzene rings is 1. The van der Waals surface area contributed by atoms with Crippen LogP contribution in [0.4, 0.5) is 5.88 Å². The van der Waals surface area contributed by atoms with Gasteiger partial charge in [-0.05, 0) is 44.0 Å². The van der Waals surface area contributed by atoms with E-state index < -0.39 is 16.7 Å². The van der Waals surface area contributed by atoms with Crippen molar-refractivity contribution in [1.82, 2.24) is 4.57 Å². The Morgan fingerprint density at radius 3 is 2.75 bits per heavy atom. The lowest BCUT2D eigenvalue weighted by atomic mass is 10.1. The van der Waals surface area contributed by atoms with Crippen LogP contribution in [0.1, 0.15) is 28.6 Å². The second kappa shape index (κ2) is 6.04. The second-order valence-electron chi connectivity index (χ2n) is 5.37. The number of nitro groups is 1. The van der Waals surface area contributed by atoms with Gasteiger partial charge in [0, 0.05) is 6.54 Å². The van der Waals surface area contributed by atoms with Crippen LogP contribution in [0.15, 0.2) is 33.7 Å². The van der Waals surface area contributed by atoms with Crippen LogP contribution in [-0.2, 0) is 6.54 Å². The van der Waals surface area contributed by atoms with Crippen LogP contribution in [0.25, 0.3) is 10.2 Å². The first-order valence-electron chi connectivity index (χ1n) is 7.34. The van der Waals surface area contributed by atoms with E-state index in [1.54, 1.807) is 0 Å². The number of nitrogens with zero attached hydrogens (tertiary/aromatic N) is 3. The fraction of sp³-hybridized carbons (Fsp3) is 0.250. The van der Waals surface area contributed by atoms with E-state index in [0.29, 0.717) is 11.3 Å². The molecule has 0 saturated heterocycles. The number of fused-ring (bicyclic) bond motifs is 1. The molecule has 7 nitrogen and oxygen atoms in total. The van der Waals surface area contributed by atoms with Crippen molar-refractivity contribution in [2.75, 3.05) is 0 Å². The van der Waals surface area contributed by atoms with E-state index in [1.165, 1.54) is 17.4 Å². The van der Waals surface area contributed by atoms with Crippen molar-refractivity contribution in [1.29, 1.82) is 0 Å². The van der Waals surface area contributed by atoms with E-state index in [9.17, 15) is 14.9 Å². The molecule has 0 aliphatic heterocycles. The maximum Gasteiger partial charge on any atom is 0.433 e. The average Bonchev–Trinajstić information content (AvgIpc) is 3.12. The number of rotatable bonds is 3. The second-order valence-corrected chi connectivity index (χ2v) is 6.35. The summed E-state index contributed by atoms with van der Waals surface area (Å²) < 4.78 is 7.95. The van der Waals surface area contributed by atoms with Crippen LogP contribution in [0.3, 0.4) is 0 Å². The Hall–Kier alpha value is -2.74. The van der Waals surface area contributed by atoms with Gasteiger partial charge in [-0.15, -0.1) is 0 Å². The monoisotopic (exact) mass is 345 g/mol. The molecule has 0 atom stereocenters. The molecule has 2 aromatic heterocycles. The van der Waals surface area contributed by atoms with Gasteiger partial charge >= 0.3 is 11.8 Å². The van der Waals surface area contributed by atoms with E-state index in [1.807, 2.05) is 25.3 Å². The zero-order chi connectivity index (χ0) is 17.4. The third-order valence-electron chi connectivity index (χ3n) is 3.61. The molecule has 0 fully saturated rings. The summed E-state index contributed by atoms with van der Waals surface area (Å²) in [6, 6.07) is 6.56. The minimum Gasteiger partial charge on any atom is -0.395 e. The number of furan rings is 1. The molecule has 3 aromatic rings. The minimum atomic E-state index is -0.686. The molecule has 24 heavy (non-hydrogen) atoms. The smallest absolute Gasteiger partial charge is 0.395 e. The Labute approximate surface area is 141 Å². The van der Waals surface area contributed by atoms with Crippen molar-refractivity contribution >= 4 is 33.3 Å². The van der Waals surface area contributed by atoms with E-state index in [0.717, 1.165) is 27.4 Å². The Kier molecular flexibility index (Phi) is 4.06. The van der Waals surface area contributed by atoms with Gasteiger partial charge in [0.2, 0.25) is 5.76 Å². The quantitative estimate of drug-likeness (QED) is 0.536. The van der Waals surface area contributed by atoms with Crippen LogP contribution in [0, 0.1) is 24.0 Å². The molecular formula is C16H15N3O4S. The molecule has 3 rings (SSSR count). The van der Waals surface area contributed by atoms with Gasteiger partial charge < -0.3 is 8.98 Å². The maximum absolute atomic E-state index is 12.3. The highest BCUT2D eigenvalue weighted by Gasteiger charge is 2.17. The maximum atomic E-state index is 12.3. The largest absolute Gasteiger partial charge is 0.433 e. The van der Waals surface area contributed by atoms with E-state index in [4.69, 9.17) is 4.42 Å². The number of carbonyl (C=O) groups is 1. The molecule has 0 unspecified atom stereocenters. The lowest BCUT2D eigenvalue weighted by molar-refractivity contribution is -0.402. The van der Waals surface area contributed by atoms with Crippen molar-refractivity contribution in [2.24, 2.45) is 4.99 Å². The van der Waals surface area contributed by atoms with Crippen molar-refractivity contribution < 1.29 is 14.1 Å². The van der Waals surface area contributed by atoms with Gasteiger partial charge in [0.05, 0.1) is 16.3 Å². The Balaban J connectivity index is 2.13. The number of hydrogen-bond acceptors (Lipinski definition) is 5. The fourth-order valence-corrected chi connectivity index (χ4v) is 3.73. The SMILES string of the molecule is CCn1c(=NC(=O)c2ccc([N+](=O)[O-])o2)sc2c(C)cc(C)cc21. The summed E-state index contributed by atoms with van der Waals surface area (Å²) in [7, 11) is 0. The summed E-state index contributed by atoms with van der Waals surface area (Å²) in [5, 5.41) is 10.7. The van der Waals surface area contributed by atoms with Gasteiger partial charge in [0.25, 0.3) is 0 Å². The van der Waals surface area contributed by atoms with Crippen molar-refractivity contribution in [3.63, 3.8) is 0 Å². The van der Waals surface area contributed by atoms with Crippen molar-refractivity contribution in [3.8, 4) is 0 Å². The number of carbonyl (C=O) groups excluding carboxylic acids is 1. The summed E-state index contributed by atoms with van der Waals surface area (Å²) in [6.45, 7) is 6.68. The highest BCUT2D eigenvalue weighted by atomic mass is 32.1. The van der Waals surface area contributed by atoms with Crippen molar-refractivity contribution in [3.05, 3.63) is 56.1 Å². The van der Waals surface area contributed by atoms with Gasteiger partial charge in [-0.2, -0.15) is 4.99 Å². The van der Waals surface area contributed by atoms with Crippen LogP contribution >= 0.6 is 11.3 Å². The molecule has 0 bridgehead atoms. The van der Waals surface area contributed by atoms with Crippen LogP contribution in [0.5, 0.6) is 0 Å². The number of aromatic nitrogens is 1. The molecule has 0 aliphatic rings.